The maximum atomic E-state index is 12.8. The van der Waals surface area contributed by atoms with Gasteiger partial charge in [-0.15, -0.1) is 12.4 Å². The predicted octanol–water partition coefficient (Wildman–Crippen LogP) is 3.51. The first kappa shape index (κ1) is 21.7. The average molecular weight is 394 g/mol. The molecule has 0 saturated carbocycles. The largest absolute Gasteiger partial charge is 0.333 e. The summed E-state index contributed by atoms with van der Waals surface area (Å²) >= 11 is 0. The summed E-state index contributed by atoms with van der Waals surface area (Å²) < 4.78 is 0. The summed E-state index contributed by atoms with van der Waals surface area (Å²) in [5, 5.41) is 6.56. The van der Waals surface area contributed by atoms with Gasteiger partial charge in [-0.3, -0.25) is 9.59 Å². The summed E-state index contributed by atoms with van der Waals surface area (Å²) in [6.45, 7) is 4.79. The molecule has 2 aliphatic rings. The Labute approximate surface area is 168 Å². The van der Waals surface area contributed by atoms with Gasteiger partial charge >= 0.3 is 0 Å². The van der Waals surface area contributed by atoms with E-state index in [1.54, 1.807) is 4.90 Å². The molecule has 27 heavy (non-hydrogen) atoms. The topological polar surface area (TPSA) is 61.4 Å². The van der Waals surface area contributed by atoms with E-state index in [1.165, 1.54) is 12.8 Å². The first-order chi connectivity index (χ1) is 12.5. The van der Waals surface area contributed by atoms with Crippen molar-refractivity contribution in [1.82, 2.24) is 10.2 Å². The molecule has 1 aromatic rings. The van der Waals surface area contributed by atoms with Crippen molar-refractivity contribution in [2.24, 2.45) is 5.92 Å². The van der Waals surface area contributed by atoms with Crippen LogP contribution >= 0.6 is 12.4 Å². The van der Waals surface area contributed by atoms with Crippen LogP contribution in [0.3, 0.4) is 0 Å². The Morgan fingerprint density at radius 3 is 2.48 bits per heavy atom. The van der Waals surface area contributed by atoms with E-state index in [1.807, 2.05) is 38.1 Å². The molecular formula is C21H32ClN3O2. The van der Waals surface area contributed by atoms with Gasteiger partial charge in [0.25, 0.3) is 0 Å². The normalized spacial score (nSPS) is 23.4. The molecule has 1 aromatic carbocycles. The lowest BCUT2D eigenvalue weighted by molar-refractivity contribution is -0.135. The van der Waals surface area contributed by atoms with Crippen LogP contribution in [0.2, 0.25) is 0 Å². The number of piperidine rings is 1. The lowest BCUT2D eigenvalue weighted by Crippen LogP contribution is -2.42. The van der Waals surface area contributed by atoms with Gasteiger partial charge in [0.2, 0.25) is 11.8 Å². The van der Waals surface area contributed by atoms with Gasteiger partial charge in [-0.2, -0.15) is 0 Å². The van der Waals surface area contributed by atoms with E-state index in [4.69, 9.17) is 0 Å². The number of nitrogens with one attached hydrogen (secondary N) is 2. The number of para-hydroxylation sites is 1. The van der Waals surface area contributed by atoms with Gasteiger partial charge in [0.15, 0.2) is 0 Å². The summed E-state index contributed by atoms with van der Waals surface area (Å²) in [6, 6.07) is 8.90. The fraction of sp³-hybridized carbons (Fsp3) is 0.619. The van der Waals surface area contributed by atoms with Gasteiger partial charge in [-0.1, -0.05) is 25.1 Å². The number of aryl methyl sites for hydroxylation is 1. The van der Waals surface area contributed by atoms with Crippen molar-refractivity contribution in [2.75, 3.05) is 18.4 Å². The van der Waals surface area contributed by atoms with E-state index < -0.39 is 0 Å². The van der Waals surface area contributed by atoms with Gasteiger partial charge in [-0.05, 0) is 56.6 Å². The second kappa shape index (κ2) is 10.1. The molecule has 150 valence electrons. The first-order valence-corrected chi connectivity index (χ1v) is 9.94. The predicted molar refractivity (Wildman–Crippen MR) is 111 cm³/mol. The Morgan fingerprint density at radius 2 is 1.85 bits per heavy atom. The zero-order valence-corrected chi connectivity index (χ0v) is 17.2. The van der Waals surface area contributed by atoms with Crippen LogP contribution in [0.4, 0.5) is 5.69 Å². The minimum Gasteiger partial charge on any atom is -0.333 e. The summed E-state index contributed by atoms with van der Waals surface area (Å²) in [6.07, 6.45) is 6.11. The van der Waals surface area contributed by atoms with Gasteiger partial charge in [0.1, 0.15) is 0 Å². The highest BCUT2D eigenvalue weighted by molar-refractivity contribution is 5.95. The summed E-state index contributed by atoms with van der Waals surface area (Å²) in [5.74, 6) is 0.463. The fourth-order valence-electron chi connectivity index (χ4n) is 4.36. The number of hydrogen-bond donors (Lipinski definition) is 2. The molecule has 2 fully saturated rings. The van der Waals surface area contributed by atoms with E-state index in [2.05, 4.69) is 10.6 Å². The summed E-state index contributed by atoms with van der Waals surface area (Å²) in [7, 11) is 0. The van der Waals surface area contributed by atoms with Crippen LogP contribution in [0.25, 0.3) is 0 Å². The molecule has 0 radical (unpaired) electrons. The Morgan fingerprint density at radius 1 is 1.19 bits per heavy atom. The Kier molecular flexibility index (Phi) is 8.11. The molecule has 2 atom stereocenters. The number of carbonyl (C=O) groups excluding carboxylic acids is 2. The summed E-state index contributed by atoms with van der Waals surface area (Å²) in [4.78, 5) is 27.0. The van der Waals surface area contributed by atoms with Crippen molar-refractivity contribution in [3.05, 3.63) is 29.8 Å². The highest BCUT2D eigenvalue weighted by Crippen LogP contribution is 2.33. The van der Waals surface area contributed by atoms with Crippen LogP contribution in [0.15, 0.2) is 24.3 Å². The van der Waals surface area contributed by atoms with Crippen molar-refractivity contribution in [1.29, 1.82) is 0 Å². The van der Waals surface area contributed by atoms with Crippen LogP contribution in [0.1, 0.15) is 51.0 Å². The van der Waals surface area contributed by atoms with Gasteiger partial charge in [0, 0.05) is 30.7 Å². The van der Waals surface area contributed by atoms with Gasteiger partial charge < -0.3 is 15.5 Å². The van der Waals surface area contributed by atoms with Crippen LogP contribution in [0.5, 0.6) is 0 Å². The molecule has 2 unspecified atom stereocenters. The third-order valence-corrected chi connectivity index (χ3v) is 5.63. The van der Waals surface area contributed by atoms with Crippen LogP contribution in [-0.2, 0) is 9.59 Å². The second-order valence-corrected chi connectivity index (χ2v) is 7.86. The van der Waals surface area contributed by atoms with Crippen molar-refractivity contribution in [3.8, 4) is 0 Å². The molecular weight excluding hydrogens is 362 g/mol. The molecule has 0 aliphatic carbocycles. The number of halogens is 1. The minimum atomic E-state index is -0.119. The highest BCUT2D eigenvalue weighted by Gasteiger charge is 2.34. The molecule has 0 aromatic heterocycles. The van der Waals surface area contributed by atoms with Crippen molar-refractivity contribution in [3.63, 3.8) is 0 Å². The highest BCUT2D eigenvalue weighted by atomic mass is 35.5. The number of nitrogens with zero attached hydrogens (tertiary/aromatic N) is 1. The third kappa shape index (κ3) is 5.94. The number of fused-ring (bicyclic) bond motifs is 2. The zero-order valence-electron chi connectivity index (χ0n) is 16.4. The average Bonchev–Trinajstić information content (AvgIpc) is 2.95. The molecule has 2 amide bonds. The fourth-order valence-corrected chi connectivity index (χ4v) is 4.36. The number of amides is 2. The number of benzene rings is 1. The van der Waals surface area contributed by atoms with Crippen molar-refractivity contribution in [2.45, 2.75) is 64.5 Å². The maximum Gasteiger partial charge on any atom is 0.244 e. The van der Waals surface area contributed by atoms with Crippen molar-refractivity contribution < 1.29 is 9.59 Å². The minimum absolute atomic E-state index is 0. The van der Waals surface area contributed by atoms with Crippen LogP contribution in [0, 0.1) is 12.8 Å². The molecule has 3 rings (SSSR count). The SMILES string of the molecule is CCCN(CC(=O)Nc1ccccc1C)C(=O)CC1CC2CCC(C1)N2.Cl. The van der Waals surface area contributed by atoms with Gasteiger partial charge in [0.05, 0.1) is 6.54 Å². The molecule has 6 heteroatoms. The Hall–Kier alpha value is -1.59. The molecule has 0 spiro atoms. The molecule has 2 saturated heterocycles. The van der Waals surface area contributed by atoms with E-state index in [9.17, 15) is 9.59 Å². The standard InChI is InChI=1S/C21H31N3O2.ClH/c1-3-10-24(14-20(25)23-19-7-5-4-6-15(19)2)21(26)13-16-11-17-8-9-18(12-16)22-17;/h4-7,16-18,22H,3,8-14H2,1-2H3,(H,23,25);1H. The van der Waals surface area contributed by atoms with Crippen LogP contribution < -0.4 is 10.6 Å². The van der Waals surface area contributed by atoms with Crippen molar-refractivity contribution >= 4 is 29.9 Å². The Bertz CT molecular complexity index is 640. The van der Waals surface area contributed by atoms with E-state index in [-0.39, 0.29) is 30.8 Å². The van der Waals surface area contributed by atoms with Gasteiger partial charge in [-0.25, -0.2) is 0 Å². The number of carbonyl (C=O) groups is 2. The molecule has 2 aliphatic heterocycles. The summed E-state index contributed by atoms with van der Waals surface area (Å²) in [5.41, 5.74) is 1.84. The monoisotopic (exact) mass is 393 g/mol. The number of hydrogen-bond acceptors (Lipinski definition) is 3. The van der Waals surface area contributed by atoms with E-state index in [0.717, 1.165) is 30.5 Å². The second-order valence-electron chi connectivity index (χ2n) is 7.86. The quantitative estimate of drug-likeness (QED) is 0.745. The molecule has 2 N–H and O–H groups in total. The number of rotatable bonds is 7. The Balaban J connectivity index is 0.00000261. The smallest absolute Gasteiger partial charge is 0.244 e. The lowest BCUT2D eigenvalue weighted by Gasteiger charge is -2.30. The van der Waals surface area contributed by atoms with Crippen LogP contribution in [-0.4, -0.2) is 41.9 Å². The number of anilines is 1. The maximum absolute atomic E-state index is 12.8. The lowest BCUT2D eigenvalue weighted by atomic mass is 9.89. The molecule has 5 nitrogen and oxygen atoms in total. The molecule has 2 bridgehead atoms. The molecule has 2 heterocycles. The first-order valence-electron chi connectivity index (χ1n) is 9.94. The zero-order chi connectivity index (χ0) is 18.5. The third-order valence-electron chi connectivity index (χ3n) is 5.63. The van der Waals surface area contributed by atoms with E-state index in [0.29, 0.717) is 31.0 Å². The van der Waals surface area contributed by atoms with E-state index >= 15 is 0 Å².